The molecule has 1 N–H and O–H groups in total. The van der Waals surface area contributed by atoms with Crippen LogP contribution in [-0.4, -0.2) is 48.3 Å². The van der Waals surface area contributed by atoms with E-state index < -0.39 is 0 Å². The average Bonchev–Trinajstić information content (AvgIpc) is 2.52. The molecule has 0 aliphatic heterocycles. The highest BCUT2D eigenvalue weighted by Crippen LogP contribution is 2.11. The van der Waals surface area contributed by atoms with Crippen molar-refractivity contribution >= 4 is 5.97 Å². The summed E-state index contributed by atoms with van der Waals surface area (Å²) in [6, 6.07) is 0. The Morgan fingerprint density at radius 3 is 2.32 bits per heavy atom. The van der Waals surface area contributed by atoms with E-state index in [2.05, 4.69) is 25.3 Å². The summed E-state index contributed by atoms with van der Waals surface area (Å²) in [5.74, 6) is -0.126. The number of rotatable bonds is 15. The van der Waals surface area contributed by atoms with Crippen LogP contribution in [0.2, 0.25) is 0 Å². The van der Waals surface area contributed by atoms with Gasteiger partial charge in [0.25, 0.3) is 0 Å². The largest absolute Gasteiger partial charge is 0.461 e. The minimum atomic E-state index is -0.195. The third-order valence-corrected chi connectivity index (χ3v) is 3.89. The Bertz CT molecular complexity index is 278. The standard InChI is InChI=1S/C18H35NO3/c1-4-15-22-18(21)14-12-10-8-7-9-11-13-17(20)16-19(5-2)6-3/h4,17,20H,1,5-16H2,2-3H3. The highest BCUT2D eigenvalue weighted by Gasteiger charge is 2.08. The average molecular weight is 313 g/mol. The Morgan fingerprint density at radius 2 is 1.73 bits per heavy atom. The van der Waals surface area contributed by atoms with Crippen LogP contribution in [0.1, 0.15) is 65.2 Å². The lowest BCUT2D eigenvalue weighted by Crippen LogP contribution is -2.32. The highest BCUT2D eigenvalue weighted by molar-refractivity contribution is 5.69. The number of hydrogen-bond acceptors (Lipinski definition) is 4. The third kappa shape index (κ3) is 12.8. The van der Waals surface area contributed by atoms with Crippen LogP contribution in [0.15, 0.2) is 12.7 Å². The van der Waals surface area contributed by atoms with Gasteiger partial charge in [-0.25, -0.2) is 0 Å². The smallest absolute Gasteiger partial charge is 0.306 e. The molecule has 0 amide bonds. The Kier molecular flexibility index (Phi) is 14.4. The molecule has 0 spiro atoms. The van der Waals surface area contributed by atoms with Gasteiger partial charge in [0, 0.05) is 13.0 Å². The van der Waals surface area contributed by atoms with Crippen LogP contribution >= 0.6 is 0 Å². The van der Waals surface area contributed by atoms with Crippen LogP contribution in [0.3, 0.4) is 0 Å². The monoisotopic (exact) mass is 313 g/mol. The van der Waals surface area contributed by atoms with Crippen molar-refractivity contribution in [2.45, 2.75) is 71.3 Å². The molecule has 0 rings (SSSR count). The van der Waals surface area contributed by atoms with E-state index in [0.717, 1.165) is 58.2 Å². The quantitative estimate of drug-likeness (QED) is 0.285. The molecule has 0 aromatic carbocycles. The van der Waals surface area contributed by atoms with Crippen LogP contribution in [0.4, 0.5) is 0 Å². The van der Waals surface area contributed by atoms with Crippen LogP contribution in [0.25, 0.3) is 0 Å². The molecule has 0 radical (unpaired) electrons. The van der Waals surface area contributed by atoms with E-state index in [4.69, 9.17) is 4.74 Å². The van der Waals surface area contributed by atoms with Gasteiger partial charge in [-0.05, 0) is 25.9 Å². The lowest BCUT2D eigenvalue weighted by Gasteiger charge is -2.21. The van der Waals surface area contributed by atoms with Crippen LogP contribution in [0.5, 0.6) is 0 Å². The van der Waals surface area contributed by atoms with Crippen LogP contribution in [-0.2, 0) is 9.53 Å². The number of aliphatic hydroxyl groups excluding tert-OH is 1. The fourth-order valence-electron chi connectivity index (χ4n) is 2.45. The number of likely N-dealkylation sites (N-methyl/N-ethyl adjacent to an activating group) is 1. The fourth-order valence-corrected chi connectivity index (χ4v) is 2.45. The normalized spacial score (nSPS) is 12.4. The van der Waals surface area contributed by atoms with E-state index in [1.165, 1.54) is 6.42 Å². The summed E-state index contributed by atoms with van der Waals surface area (Å²) < 4.78 is 4.92. The number of hydrogen-bond donors (Lipinski definition) is 1. The van der Waals surface area contributed by atoms with Crippen molar-refractivity contribution in [1.82, 2.24) is 4.90 Å². The lowest BCUT2D eigenvalue weighted by atomic mass is 10.1. The SMILES string of the molecule is C=CCOC(=O)CCCCCCCCC(O)CN(CC)CC. The zero-order chi connectivity index (χ0) is 16.6. The third-order valence-electron chi connectivity index (χ3n) is 3.89. The summed E-state index contributed by atoms with van der Waals surface area (Å²) >= 11 is 0. The summed E-state index contributed by atoms with van der Waals surface area (Å²) in [6.45, 7) is 10.9. The van der Waals surface area contributed by atoms with Gasteiger partial charge >= 0.3 is 5.97 Å². The molecule has 0 fully saturated rings. The van der Waals surface area contributed by atoms with E-state index in [0.29, 0.717) is 13.0 Å². The minimum Gasteiger partial charge on any atom is -0.461 e. The van der Waals surface area contributed by atoms with Crippen molar-refractivity contribution in [2.75, 3.05) is 26.2 Å². The maximum absolute atomic E-state index is 11.2. The molecule has 0 saturated carbocycles. The molecule has 0 aliphatic carbocycles. The Balaban J connectivity index is 3.36. The van der Waals surface area contributed by atoms with Crippen molar-refractivity contribution < 1.29 is 14.6 Å². The van der Waals surface area contributed by atoms with Gasteiger partial charge in [0.2, 0.25) is 0 Å². The van der Waals surface area contributed by atoms with Crippen LogP contribution < -0.4 is 0 Å². The first kappa shape index (κ1) is 21.1. The molecular formula is C18H35NO3. The molecule has 0 aliphatic rings. The minimum absolute atomic E-state index is 0.126. The second-order valence-electron chi connectivity index (χ2n) is 5.77. The van der Waals surface area contributed by atoms with Gasteiger partial charge in [-0.1, -0.05) is 58.6 Å². The van der Waals surface area contributed by atoms with Crippen molar-refractivity contribution in [3.63, 3.8) is 0 Å². The Hall–Kier alpha value is -0.870. The van der Waals surface area contributed by atoms with Gasteiger partial charge in [0.1, 0.15) is 6.61 Å². The zero-order valence-corrected chi connectivity index (χ0v) is 14.6. The number of carbonyl (C=O) groups excluding carboxylic acids is 1. The van der Waals surface area contributed by atoms with Gasteiger partial charge < -0.3 is 14.7 Å². The Morgan fingerprint density at radius 1 is 1.14 bits per heavy atom. The molecule has 0 bridgehead atoms. The van der Waals surface area contributed by atoms with E-state index in [1.54, 1.807) is 6.08 Å². The van der Waals surface area contributed by atoms with Crippen molar-refractivity contribution in [2.24, 2.45) is 0 Å². The molecule has 1 unspecified atom stereocenters. The molecule has 4 nitrogen and oxygen atoms in total. The number of aliphatic hydroxyl groups is 1. The van der Waals surface area contributed by atoms with Crippen LogP contribution in [0, 0.1) is 0 Å². The van der Waals surface area contributed by atoms with Gasteiger partial charge in [0.15, 0.2) is 0 Å². The summed E-state index contributed by atoms with van der Waals surface area (Å²) in [6.07, 6.45) is 9.36. The first-order valence-electron chi connectivity index (χ1n) is 8.80. The molecule has 0 saturated heterocycles. The first-order valence-corrected chi connectivity index (χ1v) is 8.80. The van der Waals surface area contributed by atoms with Crippen molar-refractivity contribution in [3.05, 3.63) is 12.7 Å². The summed E-state index contributed by atoms with van der Waals surface area (Å²) in [5, 5.41) is 9.95. The van der Waals surface area contributed by atoms with E-state index in [1.807, 2.05) is 0 Å². The number of ether oxygens (including phenoxy) is 1. The van der Waals surface area contributed by atoms with E-state index >= 15 is 0 Å². The fraction of sp³-hybridized carbons (Fsp3) is 0.833. The summed E-state index contributed by atoms with van der Waals surface area (Å²) in [4.78, 5) is 13.5. The van der Waals surface area contributed by atoms with Crippen molar-refractivity contribution in [1.29, 1.82) is 0 Å². The topological polar surface area (TPSA) is 49.8 Å². The molecule has 0 aromatic rings. The maximum atomic E-state index is 11.2. The predicted molar refractivity (Wildman–Crippen MR) is 91.9 cm³/mol. The number of esters is 1. The molecule has 0 aromatic heterocycles. The summed E-state index contributed by atoms with van der Waals surface area (Å²) in [7, 11) is 0. The molecule has 22 heavy (non-hydrogen) atoms. The number of nitrogens with zero attached hydrogens (tertiary/aromatic N) is 1. The molecule has 0 heterocycles. The zero-order valence-electron chi connectivity index (χ0n) is 14.6. The molecule has 1 atom stereocenters. The second-order valence-corrected chi connectivity index (χ2v) is 5.77. The predicted octanol–water partition coefficient (Wildman–Crippen LogP) is 3.54. The first-order chi connectivity index (χ1) is 10.6. The number of carbonyl (C=O) groups is 1. The number of unbranched alkanes of at least 4 members (excludes halogenated alkanes) is 5. The molecule has 130 valence electrons. The van der Waals surface area contributed by atoms with Gasteiger partial charge in [-0.3, -0.25) is 4.79 Å². The van der Waals surface area contributed by atoms with Gasteiger partial charge in [-0.15, -0.1) is 0 Å². The maximum Gasteiger partial charge on any atom is 0.306 e. The second kappa shape index (κ2) is 15.0. The molecular weight excluding hydrogens is 278 g/mol. The lowest BCUT2D eigenvalue weighted by molar-refractivity contribution is -0.142. The van der Waals surface area contributed by atoms with E-state index in [-0.39, 0.29) is 12.1 Å². The highest BCUT2D eigenvalue weighted by atomic mass is 16.5. The van der Waals surface area contributed by atoms with Gasteiger partial charge in [0.05, 0.1) is 6.10 Å². The van der Waals surface area contributed by atoms with Gasteiger partial charge in [-0.2, -0.15) is 0 Å². The van der Waals surface area contributed by atoms with Crippen molar-refractivity contribution in [3.8, 4) is 0 Å². The van der Waals surface area contributed by atoms with E-state index in [9.17, 15) is 9.90 Å². The Labute approximate surface area is 136 Å². The molecule has 4 heteroatoms. The summed E-state index contributed by atoms with van der Waals surface area (Å²) in [5.41, 5.74) is 0.